The molecule has 0 aliphatic rings. The molecule has 88 valence electrons. The van der Waals surface area contributed by atoms with Gasteiger partial charge in [-0.1, -0.05) is 0 Å². The normalized spacial score (nSPS) is 10.5. The van der Waals surface area contributed by atoms with Crippen LogP contribution in [-0.2, 0) is 0 Å². The molecule has 0 amide bonds. The standard InChI is InChI=1S/C10H10ClN5S/c1-5-3-7(15-9(11)13-5)17-8-4-6(2)14-10(12)16-8/h3-4H,1-2H3,(H2,12,14,16). The first-order valence-corrected chi connectivity index (χ1v) is 6.02. The maximum Gasteiger partial charge on any atom is 0.223 e. The van der Waals surface area contributed by atoms with Gasteiger partial charge in [-0.2, -0.15) is 0 Å². The van der Waals surface area contributed by atoms with E-state index < -0.39 is 0 Å². The summed E-state index contributed by atoms with van der Waals surface area (Å²) in [5, 5.41) is 1.70. The van der Waals surface area contributed by atoms with Gasteiger partial charge in [0.05, 0.1) is 0 Å². The Bertz CT molecular complexity index is 470. The molecule has 0 bridgehead atoms. The van der Waals surface area contributed by atoms with Crippen molar-refractivity contribution in [2.45, 2.75) is 23.9 Å². The second-order valence-corrected chi connectivity index (χ2v) is 4.80. The zero-order chi connectivity index (χ0) is 12.4. The molecule has 2 rings (SSSR count). The van der Waals surface area contributed by atoms with Crippen LogP contribution in [0.3, 0.4) is 0 Å². The molecular weight excluding hydrogens is 258 g/mol. The molecule has 0 aliphatic carbocycles. The Hall–Kier alpha value is -1.40. The molecule has 7 heteroatoms. The summed E-state index contributed by atoms with van der Waals surface area (Å²) >= 11 is 7.16. The van der Waals surface area contributed by atoms with E-state index >= 15 is 0 Å². The van der Waals surface area contributed by atoms with Crippen LogP contribution in [-0.4, -0.2) is 19.9 Å². The molecule has 2 heterocycles. The van der Waals surface area contributed by atoms with Crippen molar-refractivity contribution in [3.63, 3.8) is 0 Å². The number of nitrogens with zero attached hydrogens (tertiary/aromatic N) is 4. The van der Waals surface area contributed by atoms with Crippen molar-refractivity contribution in [2.75, 3.05) is 5.73 Å². The third-order valence-electron chi connectivity index (χ3n) is 1.86. The van der Waals surface area contributed by atoms with Gasteiger partial charge in [-0.15, -0.1) is 0 Å². The summed E-state index contributed by atoms with van der Waals surface area (Å²) in [6.07, 6.45) is 0. The number of anilines is 1. The van der Waals surface area contributed by atoms with Gasteiger partial charge in [0.2, 0.25) is 11.2 Å². The van der Waals surface area contributed by atoms with Crippen molar-refractivity contribution in [2.24, 2.45) is 0 Å². The predicted octanol–water partition coefficient (Wildman–Crippen LogP) is 2.27. The number of hydrogen-bond donors (Lipinski definition) is 1. The molecular formula is C10H10ClN5S. The molecule has 0 fully saturated rings. The minimum atomic E-state index is 0.228. The fraction of sp³-hybridized carbons (Fsp3) is 0.200. The van der Waals surface area contributed by atoms with Crippen molar-refractivity contribution in [3.05, 3.63) is 28.8 Å². The number of rotatable bonds is 2. The zero-order valence-corrected chi connectivity index (χ0v) is 10.9. The highest BCUT2D eigenvalue weighted by atomic mass is 35.5. The van der Waals surface area contributed by atoms with Gasteiger partial charge in [0, 0.05) is 11.4 Å². The van der Waals surface area contributed by atoms with Crippen molar-refractivity contribution < 1.29 is 0 Å². The monoisotopic (exact) mass is 267 g/mol. The summed E-state index contributed by atoms with van der Waals surface area (Å²) in [7, 11) is 0. The van der Waals surface area contributed by atoms with E-state index in [0.29, 0.717) is 0 Å². The topological polar surface area (TPSA) is 77.6 Å². The van der Waals surface area contributed by atoms with E-state index in [1.807, 2.05) is 26.0 Å². The van der Waals surface area contributed by atoms with Crippen molar-refractivity contribution >= 4 is 29.3 Å². The number of aromatic nitrogens is 4. The molecule has 5 nitrogen and oxygen atoms in total. The third kappa shape index (κ3) is 3.28. The largest absolute Gasteiger partial charge is 0.368 e. The van der Waals surface area contributed by atoms with E-state index in [9.17, 15) is 0 Å². The first kappa shape index (κ1) is 12.1. The van der Waals surface area contributed by atoms with Gasteiger partial charge in [-0.3, -0.25) is 0 Å². The lowest BCUT2D eigenvalue weighted by atomic mass is 10.5. The molecule has 2 aromatic heterocycles. The average molecular weight is 268 g/mol. The number of aryl methyl sites for hydroxylation is 2. The Morgan fingerprint density at radius 3 is 2.18 bits per heavy atom. The van der Waals surface area contributed by atoms with E-state index in [1.54, 1.807) is 0 Å². The summed E-state index contributed by atoms with van der Waals surface area (Å²) in [6.45, 7) is 3.72. The first-order valence-electron chi connectivity index (χ1n) is 4.83. The highest BCUT2D eigenvalue weighted by Gasteiger charge is 2.05. The van der Waals surface area contributed by atoms with Crippen molar-refractivity contribution in [3.8, 4) is 0 Å². The van der Waals surface area contributed by atoms with Gasteiger partial charge in [-0.05, 0) is 49.3 Å². The Kier molecular flexibility index (Phi) is 3.44. The molecule has 0 saturated heterocycles. The fourth-order valence-corrected chi connectivity index (χ4v) is 2.50. The van der Waals surface area contributed by atoms with E-state index in [1.165, 1.54) is 11.8 Å². The van der Waals surface area contributed by atoms with Gasteiger partial charge in [0.15, 0.2) is 0 Å². The Morgan fingerprint density at radius 2 is 1.59 bits per heavy atom. The van der Waals surface area contributed by atoms with Crippen LogP contribution in [0.2, 0.25) is 5.28 Å². The molecule has 2 aromatic rings. The van der Waals surface area contributed by atoms with Crippen LogP contribution in [0, 0.1) is 13.8 Å². The summed E-state index contributed by atoms with van der Waals surface area (Å²) in [5.41, 5.74) is 7.21. The van der Waals surface area contributed by atoms with Crippen LogP contribution in [0.4, 0.5) is 5.95 Å². The lowest BCUT2D eigenvalue weighted by Crippen LogP contribution is -1.98. The average Bonchev–Trinajstić information content (AvgIpc) is 2.13. The minimum Gasteiger partial charge on any atom is -0.368 e. The van der Waals surface area contributed by atoms with Crippen LogP contribution < -0.4 is 5.73 Å². The maximum absolute atomic E-state index is 5.79. The molecule has 0 spiro atoms. The summed E-state index contributed by atoms with van der Waals surface area (Å²) in [6, 6.07) is 3.68. The smallest absolute Gasteiger partial charge is 0.223 e. The molecule has 0 aliphatic heterocycles. The lowest BCUT2D eigenvalue weighted by Gasteiger charge is -2.03. The first-order chi connectivity index (χ1) is 8.02. The van der Waals surface area contributed by atoms with Gasteiger partial charge in [0.25, 0.3) is 0 Å². The quantitative estimate of drug-likeness (QED) is 0.664. The Morgan fingerprint density at radius 1 is 1.00 bits per heavy atom. The Balaban J connectivity index is 2.31. The zero-order valence-electron chi connectivity index (χ0n) is 9.31. The fourth-order valence-electron chi connectivity index (χ4n) is 1.28. The highest BCUT2D eigenvalue weighted by Crippen LogP contribution is 2.26. The molecule has 0 unspecified atom stereocenters. The van der Waals surface area contributed by atoms with Crippen LogP contribution in [0.1, 0.15) is 11.4 Å². The second kappa shape index (κ2) is 4.85. The number of halogens is 1. The minimum absolute atomic E-state index is 0.228. The maximum atomic E-state index is 5.79. The summed E-state index contributed by atoms with van der Waals surface area (Å²) < 4.78 is 0. The SMILES string of the molecule is Cc1cc(Sc2cc(C)nc(Cl)n2)nc(N)n1. The van der Waals surface area contributed by atoms with Gasteiger partial charge >= 0.3 is 0 Å². The van der Waals surface area contributed by atoms with Crippen molar-refractivity contribution in [1.82, 2.24) is 19.9 Å². The number of nitrogen functional groups attached to an aromatic ring is 1. The van der Waals surface area contributed by atoms with Crippen LogP contribution in [0.25, 0.3) is 0 Å². The van der Waals surface area contributed by atoms with Gasteiger partial charge in [0.1, 0.15) is 10.1 Å². The predicted molar refractivity (Wildman–Crippen MR) is 67.1 cm³/mol. The van der Waals surface area contributed by atoms with Crippen LogP contribution in [0.15, 0.2) is 22.2 Å². The van der Waals surface area contributed by atoms with Crippen molar-refractivity contribution in [1.29, 1.82) is 0 Å². The van der Waals surface area contributed by atoms with E-state index in [4.69, 9.17) is 17.3 Å². The molecule has 0 atom stereocenters. The summed E-state index contributed by atoms with van der Waals surface area (Å²) in [4.78, 5) is 16.2. The van der Waals surface area contributed by atoms with Gasteiger partial charge in [-0.25, -0.2) is 19.9 Å². The molecule has 17 heavy (non-hydrogen) atoms. The van der Waals surface area contributed by atoms with Crippen LogP contribution in [0.5, 0.6) is 0 Å². The molecule has 0 radical (unpaired) electrons. The number of hydrogen-bond acceptors (Lipinski definition) is 6. The summed E-state index contributed by atoms with van der Waals surface area (Å²) in [5.74, 6) is 0.254. The lowest BCUT2D eigenvalue weighted by molar-refractivity contribution is 0.989. The van der Waals surface area contributed by atoms with E-state index in [0.717, 1.165) is 21.4 Å². The highest BCUT2D eigenvalue weighted by molar-refractivity contribution is 7.99. The third-order valence-corrected chi connectivity index (χ3v) is 2.87. The Labute approximate surface area is 108 Å². The van der Waals surface area contributed by atoms with Gasteiger partial charge < -0.3 is 5.73 Å². The van der Waals surface area contributed by atoms with E-state index in [2.05, 4.69) is 19.9 Å². The van der Waals surface area contributed by atoms with Crippen LogP contribution >= 0.6 is 23.4 Å². The molecule has 2 N–H and O–H groups in total. The molecule has 0 saturated carbocycles. The molecule has 0 aromatic carbocycles. The number of nitrogens with two attached hydrogens (primary N) is 1. The van der Waals surface area contributed by atoms with E-state index in [-0.39, 0.29) is 11.2 Å². The second-order valence-electron chi connectivity index (χ2n) is 3.42.